The number of fused-ring (bicyclic) bond motifs is 4. The molecule has 0 saturated carbocycles. The Bertz CT molecular complexity index is 2090. The van der Waals surface area contributed by atoms with E-state index in [0.717, 1.165) is 49.9 Å². The van der Waals surface area contributed by atoms with Gasteiger partial charge in [0.05, 0.1) is 22.4 Å². The molecule has 0 fully saturated rings. The second-order valence-electron chi connectivity index (χ2n) is 11.2. The van der Waals surface area contributed by atoms with Crippen molar-refractivity contribution in [2.45, 2.75) is 19.3 Å². The average Bonchev–Trinajstić information content (AvgIpc) is 3.51. The molecule has 2 aromatic heterocycles. The minimum absolute atomic E-state index is 0.268. The summed E-state index contributed by atoms with van der Waals surface area (Å²) in [4.78, 5) is 20.3. The first-order valence-electron chi connectivity index (χ1n) is 14.2. The highest BCUT2D eigenvalue weighted by atomic mass is 15.2. The van der Waals surface area contributed by atoms with Crippen molar-refractivity contribution in [1.29, 1.82) is 0 Å². The summed E-state index contributed by atoms with van der Waals surface area (Å²) in [7, 11) is 0. The molecule has 0 radical (unpaired) electrons. The molecule has 0 spiro atoms. The van der Waals surface area contributed by atoms with Gasteiger partial charge in [-0.15, -0.1) is 0 Å². The molecule has 5 nitrogen and oxygen atoms in total. The summed E-state index contributed by atoms with van der Waals surface area (Å²) in [5.74, 6) is 1.87. The van der Waals surface area contributed by atoms with Crippen molar-refractivity contribution in [3.8, 4) is 28.7 Å². The largest absolute Gasteiger partial charge is 0.278 e. The number of aliphatic imine (C=N–C) groups is 1. The molecule has 0 N–H and O–H groups in total. The summed E-state index contributed by atoms with van der Waals surface area (Å²) in [5, 5.41) is 2.26. The van der Waals surface area contributed by atoms with E-state index < -0.39 is 0 Å². The van der Waals surface area contributed by atoms with Crippen LogP contribution < -0.4 is 0 Å². The third kappa shape index (κ3) is 3.78. The molecule has 3 heterocycles. The lowest BCUT2D eigenvalue weighted by molar-refractivity contribution is 0.738. The second-order valence-corrected chi connectivity index (χ2v) is 11.2. The molecule has 0 bridgehead atoms. The van der Waals surface area contributed by atoms with Crippen LogP contribution >= 0.6 is 0 Å². The lowest BCUT2D eigenvalue weighted by atomic mass is 9.79. The first-order valence-corrected chi connectivity index (χ1v) is 14.2. The van der Waals surface area contributed by atoms with Gasteiger partial charge in [0.2, 0.25) is 5.95 Å². The summed E-state index contributed by atoms with van der Waals surface area (Å²) < 4.78 is 2.18. The van der Waals surface area contributed by atoms with Gasteiger partial charge in [0.15, 0.2) is 11.6 Å². The Balaban J connectivity index is 1.41. The fourth-order valence-corrected chi connectivity index (χ4v) is 6.12. The van der Waals surface area contributed by atoms with E-state index in [0.29, 0.717) is 17.6 Å². The minimum atomic E-state index is -0.268. The smallest absolute Gasteiger partial charge is 0.238 e. The van der Waals surface area contributed by atoms with Crippen LogP contribution in [0.25, 0.3) is 50.5 Å². The summed E-state index contributed by atoms with van der Waals surface area (Å²) >= 11 is 0. The first-order chi connectivity index (χ1) is 20.6. The molecule has 0 saturated heterocycles. The van der Waals surface area contributed by atoms with Gasteiger partial charge in [0.1, 0.15) is 0 Å². The topological polar surface area (TPSA) is 56.0 Å². The van der Waals surface area contributed by atoms with Crippen LogP contribution in [0.3, 0.4) is 0 Å². The number of nitrogens with zero attached hydrogens (tertiary/aromatic N) is 5. The molecule has 1 aliphatic heterocycles. The number of rotatable bonds is 4. The Morgan fingerprint density at radius 2 is 1.07 bits per heavy atom. The lowest BCUT2D eigenvalue weighted by Gasteiger charge is -2.22. The highest BCUT2D eigenvalue weighted by Gasteiger charge is 2.36. The van der Waals surface area contributed by atoms with Gasteiger partial charge in [-0.25, -0.2) is 4.98 Å². The fourth-order valence-electron chi connectivity index (χ4n) is 6.12. The van der Waals surface area contributed by atoms with Crippen molar-refractivity contribution < 1.29 is 0 Å². The first kappa shape index (κ1) is 24.4. The Morgan fingerprint density at radius 3 is 1.69 bits per heavy atom. The number of aromatic nitrogens is 4. The van der Waals surface area contributed by atoms with E-state index in [2.05, 4.69) is 79.1 Å². The predicted octanol–water partition coefficient (Wildman–Crippen LogP) is 8.71. The number of benzene rings is 5. The maximum atomic E-state index is 5.19. The summed E-state index contributed by atoms with van der Waals surface area (Å²) in [6, 6.07) is 43.7. The SMILES string of the molecule is CC1(C)C(c2ccccc2)=Nc2cc3c4ccccc4n(-c4nc(-c5ccccc5)nc(-c5ccccc5)n4)c3cc21. The maximum Gasteiger partial charge on any atom is 0.238 e. The molecule has 0 unspecified atom stereocenters. The molecule has 42 heavy (non-hydrogen) atoms. The van der Waals surface area contributed by atoms with Crippen LogP contribution in [-0.2, 0) is 5.41 Å². The van der Waals surface area contributed by atoms with Gasteiger partial charge in [-0.1, -0.05) is 123 Å². The van der Waals surface area contributed by atoms with Crippen LogP contribution in [0, 0.1) is 0 Å². The third-order valence-corrected chi connectivity index (χ3v) is 8.22. The van der Waals surface area contributed by atoms with E-state index in [4.69, 9.17) is 19.9 Å². The average molecular weight is 542 g/mol. The van der Waals surface area contributed by atoms with Crippen LogP contribution in [0.5, 0.6) is 0 Å². The maximum absolute atomic E-state index is 5.19. The van der Waals surface area contributed by atoms with E-state index in [1.807, 2.05) is 66.7 Å². The van der Waals surface area contributed by atoms with Crippen LogP contribution in [0.15, 0.2) is 132 Å². The van der Waals surface area contributed by atoms with Crippen LogP contribution in [-0.4, -0.2) is 25.2 Å². The summed E-state index contributed by atoms with van der Waals surface area (Å²) in [6.07, 6.45) is 0. The Labute approximate surface area is 243 Å². The van der Waals surface area contributed by atoms with Crippen LogP contribution in [0.1, 0.15) is 25.0 Å². The zero-order valence-corrected chi connectivity index (χ0v) is 23.4. The number of hydrogen-bond acceptors (Lipinski definition) is 4. The monoisotopic (exact) mass is 541 g/mol. The second kappa shape index (κ2) is 9.32. The summed E-state index contributed by atoms with van der Waals surface area (Å²) in [5.41, 5.74) is 8.16. The van der Waals surface area contributed by atoms with Gasteiger partial charge in [-0.3, -0.25) is 9.56 Å². The van der Waals surface area contributed by atoms with Gasteiger partial charge in [0.25, 0.3) is 0 Å². The Kier molecular flexibility index (Phi) is 5.41. The van der Waals surface area contributed by atoms with Crippen LogP contribution in [0.2, 0.25) is 0 Å². The van der Waals surface area contributed by atoms with Gasteiger partial charge in [-0.2, -0.15) is 9.97 Å². The molecule has 0 atom stereocenters. The van der Waals surface area contributed by atoms with E-state index >= 15 is 0 Å². The van der Waals surface area contributed by atoms with E-state index in [1.54, 1.807) is 0 Å². The molecular formula is C37H27N5. The molecule has 200 valence electrons. The third-order valence-electron chi connectivity index (χ3n) is 8.22. The normalized spacial score (nSPS) is 13.8. The Morgan fingerprint density at radius 1 is 0.524 bits per heavy atom. The van der Waals surface area contributed by atoms with Gasteiger partial charge >= 0.3 is 0 Å². The highest BCUT2D eigenvalue weighted by Crippen LogP contribution is 2.46. The standard InChI is InChI=1S/C37H27N5/c1-37(2)29-23-32-28(22-30(29)38-33(37)24-14-6-3-7-15-24)27-20-12-13-21-31(27)42(32)36-40-34(25-16-8-4-9-17-25)39-35(41-36)26-18-10-5-11-19-26/h3-23H,1-2H3. The van der Waals surface area contributed by atoms with Crippen molar-refractivity contribution in [2.24, 2.45) is 4.99 Å². The van der Waals surface area contributed by atoms with Gasteiger partial charge < -0.3 is 0 Å². The zero-order chi connectivity index (χ0) is 28.3. The van der Waals surface area contributed by atoms with Gasteiger partial charge in [-0.05, 0) is 29.3 Å². The number of para-hydroxylation sites is 1. The summed E-state index contributed by atoms with van der Waals surface area (Å²) in [6.45, 7) is 4.51. The van der Waals surface area contributed by atoms with Crippen molar-refractivity contribution in [1.82, 2.24) is 19.5 Å². The Hall–Kier alpha value is -5.42. The zero-order valence-electron chi connectivity index (χ0n) is 23.4. The van der Waals surface area contributed by atoms with Crippen molar-refractivity contribution >= 4 is 33.2 Å². The van der Waals surface area contributed by atoms with Crippen molar-refractivity contribution in [3.05, 3.63) is 139 Å². The van der Waals surface area contributed by atoms with Crippen LogP contribution in [0.4, 0.5) is 5.69 Å². The highest BCUT2D eigenvalue weighted by molar-refractivity contribution is 6.16. The van der Waals surface area contributed by atoms with E-state index in [-0.39, 0.29) is 5.41 Å². The molecule has 0 aliphatic carbocycles. The molecule has 5 heteroatoms. The fraction of sp³-hybridized carbons (Fsp3) is 0.0811. The van der Waals surface area contributed by atoms with Crippen molar-refractivity contribution in [2.75, 3.05) is 0 Å². The number of hydrogen-bond donors (Lipinski definition) is 0. The molecular weight excluding hydrogens is 514 g/mol. The van der Waals surface area contributed by atoms with E-state index in [1.165, 1.54) is 5.56 Å². The predicted molar refractivity (Wildman–Crippen MR) is 171 cm³/mol. The van der Waals surface area contributed by atoms with Crippen molar-refractivity contribution in [3.63, 3.8) is 0 Å². The van der Waals surface area contributed by atoms with Gasteiger partial charge in [0, 0.05) is 27.3 Å². The molecule has 1 aliphatic rings. The molecule has 0 amide bonds. The lowest BCUT2D eigenvalue weighted by Crippen LogP contribution is -2.26. The molecule has 8 rings (SSSR count). The quantitative estimate of drug-likeness (QED) is 0.224. The van der Waals surface area contributed by atoms with E-state index in [9.17, 15) is 0 Å². The minimum Gasteiger partial charge on any atom is -0.278 e. The molecule has 5 aromatic carbocycles. The molecule has 7 aromatic rings.